The number of carboxylic acid groups (broad SMARTS) is 1. The van der Waals surface area contributed by atoms with E-state index in [2.05, 4.69) is 13.2 Å². The van der Waals surface area contributed by atoms with E-state index in [-0.39, 0.29) is 5.56 Å². The lowest BCUT2D eigenvalue weighted by Crippen LogP contribution is -1.96. The zero-order valence-corrected chi connectivity index (χ0v) is 8.72. The zero-order valence-electron chi connectivity index (χ0n) is 8.72. The molecular weight excluding hydrogens is 204 g/mol. The molecule has 0 fully saturated rings. The van der Waals surface area contributed by atoms with Crippen LogP contribution in [0.5, 0.6) is 5.75 Å². The summed E-state index contributed by atoms with van der Waals surface area (Å²) < 4.78 is 5.33. The third-order valence-electron chi connectivity index (χ3n) is 1.77. The Kier molecular flexibility index (Phi) is 4.09. The number of allylic oxidation sites excluding steroid dienone is 3. The maximum Gasteiger partial charge on any atom is 0.335 e. The first-order valence-electron chi connectivity index (χ1n) is 4.62. The minimum absolute atomic E-state index is 0.222. The molecule has 0 atom stereocenters. The van der Waals surface area contributed by atoms with Gasteiger partial charge in [-0.3, -0.25) is 0 Å². The van der Waals surface area contributed by atoms with Gasteiger partial charge < -0.3 is 9.84 Å². The topological polar surface area (TPSA) is 46.5 Å². The SMILES string of the molecule is C=C/C=C\C(=C)Oc1ccc(C(=O)O)cc1. The van der Waals surface area contributed by atoms with Crippen LogP contribution in [0.2, 0.25) is 0 Å². The number of rotatable bonds is 5. The van der Waals surface area contributed by atoms with Crippen LogP contribution in [-0.4, -0.2) is 11.1 Å². The highest BCUT2D eigenvalue weighted by atomic mass is 16.5. The molecule has 1 N–H and O–H groups in total. The second kappa shape index (κ2) is 5.56. The maximum absolute atomic E-state index is 10.6. The number of ether oxygens (including phenoxy) is 1. The molecule has 0 saturated carbocycles. The van der Waals surface area contributed by atoms with Crippen molar-refractivity contribution in [1.29, 1.82) is 0 Å². The van der Waals surface area contributed by atoms with Crippen LogP contribution in [0.25, 0.3) is 0 Å². The van der Waals surface area contributed by atoms with Crippen LogP contribution < -0.4 is 4.74 Å². The normalized spacial score (nSPS) is 10.0. The van der Waals surface area contributed by atoms with E-state index >= 15 is 0 Å². The van der Waals surface area contributed by atoms with E-state index in [9.17, 15) is 4.79 Å². The van der Waals surface area contributed by atoms with Crippen molar-refractivity contribution in [3.8, 4) is 5.75 Å². The van der Waals surface area contributed by atoms with Crippen LogP contribution in [0.15, 0.2) is 61.4 Å². The fraction of sp³-hybridized carbons (Fsp3) is 0. The van der Waals surface area contributed by atoms with Crippen LogP contribution in [0.1, 0.15) is 10.4 Å². The summed E-state index contributed by atoms with van der Waals surface area (Å²) in [6, 6.07) is 6.11. The van der Waals surface area contributed by atoms with Crippen molar-refractivity contribution >= 4 is 5.97 Å². The fourth-order valence-electron chi connectivity index (χ4n) is 1.03. The van der Waals surface area contributed by atoms with Crippen LogP contribution in [-0.2, 0) is 0 Å². The Morgan fingerprint density at radius 3 is 2.44 bits per heavy atom. The summed E-state index contributed by atoms with van der Waals surface area (Å²) in [6.07, 6.45) is 4.98. The summed E-state index contributed by atoms with van der Waals surface area (Å²) in [5, 5.41) is 8.69. The highest BCUT2D eigenvalue weighted by Crippen LogP contribution is 2.15. The fourth-order valence-corrected chi connectivity index (χ4v) is 1.03. The smallest absolute Gasteiger partial charge is 0.335 e. The average Bonchev–Trinajstić information content (AvgIpc) is 2.27. The van der Waals surface area contributed by atoms with Gasteiger partial charge in [-0.25, -0.2) is 4.79 Å². The molecule has 0 heterocycles. The van der Waals surface area contributed by atoms with Crippen molar-refractivity contribution in [1.82, 2.24) is 0 Å². The number of carbonyl (C=O) groups is 1. The Morgan fingerprint density at radius 1 is 1.31 bits per heavy atom. The first-order valence-corrected chi connectivity index (χ1v) is 4.62. The van der Waals surface area contributed by atoms with E-state index in [1.807, 2.05) is 0 Å². The lowest BCUT2D eigenvalue weighted by atomic mass is 10.2. The van der Waals surface area contributed by atoms with Crippen LogP contribution in [0.3, 0.4) is 0 Å². The molecule has 0 spiro atoms. The molecule has 0 bridgehead atoms. The largest absolute Gasteiger partial charge is 0.478 e. The number of benzene rings is 1. The van der Waals surface area contributed by atoms with Crippen LogP contribution in [0.4, 0.5) is 0 Å². The molecular formula is C13H12O3. The molecule has 0 aromatic heterocycles. The van der Waals surface area contributed by atoms with Crippen molar-refractivity contribution in [2.45, 2.75) is 0 Å². The summed E-state index contributed by atoms with van der Waals surface area (Å²) in [5.74, 6) is 0.0450. The predicted octanol–water partition coefficient (Wildman–Crippen LogP) is 3.02. The van der Waals surface area contributed by atoms with Crippen molar-refractivity contribution in [2.24, 2.45) is 0 Å². The number of carboxylic acids is 1. The lowest BCUT2D eigenvalue weighted by molar-refractivity contribution is 0.0697. The van der Waals surface area contributed by atoms with E-state index < -0.39 is 5.97 Å². The second-order valence-corrected chi connectivity index (χ2v) is 2.99. The predicted molar refractivity (Wildman–Crippen MR) is 62.5 cm³/mol. The average molecular weight is 216 g/mol. The molecule has 1 aromatic rings. The molecule has 0 amide bonds. The van der Waals surface area contributed by atoms with Gasteiger partial charge in [-0.05, 0) is 30.3 Å². The Morgan fingerprint density at radius 2 is 1.94 bits per heavy atom. The Hall–Kier alpha value is -2.29. The van der Waals surface area contributed by atoms with Gasteiger partial charge >= 0.3 is 5.97 Å². The van der Waals surface area contributed by atoms with Gasteiger partial charge in [-0.2, -0.15) is 0 Å². The van der Waals surface area contributed by atoms with Gasteiger partial charge in [-0.1, -0.05) is 25.3 Å². The zero-order chi connectivity index (χ0) is 12.0. The van der Waals surface area contributed by atoms with E-state index in [0.29, 0.717) is 11.5 Å². The molecule has 3 nitrogen and oxygen atoms in total. The molecule has 0 aliphatic carbocycles. The molecule has 1 rings (SSSR count). The standard InChI is InChI=1S/C13H12O3/c1-3-4-5-10(2)16-12-8-6-11(7-9-12)13(14)15/h3-9H,1-2H2,(H,14,15)/b5-4-. The number of aromatic carboxylic acids is 1. The highest BCUT2D eigenvalue weighted by Gasteiger charge is 2.02. The van der Waals surface area contributed by atoms with Crippen LogP contribution >= 0.6 is 0 Å². The molecule has 0 radical (unpaired) electrons. The van der Waals surface area contributed by atoms with Gasteiger partial charge in [0, 0.05) is 0 Å². The summed E-state index contributed by atoms with van der Waals surface area (Å²) in [7, 11) is 0. The first kappa shape index (κ1) is 11.8. The van der Waals surface area contributed by atoms with Crippen molar-refractivity contribution < 1.29 is 14.6 Å². The minimum Gasteiger partial charge on any atom is -0.478 e. The van der Waals surface area contributed by atoms with Gasteiger partial charge in [0.15, 0.2) is 0 Å². The van der Waals surface area contributed by atoms with E-state index in [1.165, 1.54) is 12.1 Å². The molecule has 0 aliphatic heterocycles. The van der Waals surface area contributed by atoms with Crippen molar-refractivity contribution in [3.63, 3.8) is 0 Å². The summed E-state index contributed by atoms with van der Waals surface area (Å²) >= 11 is 0. The van der Waals surface area contributed by atoms with Crippen LogP contribution in [0, 0.1) is 0 Å². The minimum atomic E-state index is -0.961. The molecule has 16 heavy (non-hydrogen) atoms. The Bertz CT molecular complexity index is 427. The molecule has 0 unspecified atom stereocenters. The monoisotopic (exact) mass is 216 g/mol. The lowest BCUT2D eigenvalue weighted by Gasteiger charge is -2.04. The summed E-state index contributed by atoms with van der Waals surface area (Å²) in [5.41, 5.74) is 0.222. The number of hydrogen-bond acceptors (Lipinski definition) is 2. The summed E-state index contributed by atoms with van der Waals surface area (Å²) in [4.78, 5) is 10.6. The molecule has 82 valence electrons. The van der Waals surface area contributed by atoms with E-state index in [1.54, 1.807) is 30.4 Å². The maximum atomic E-state index is 10.6. The second-order valence-electron chi connectivity index (χ2n) is 2.99. The summed E-state index contributed by atoms with van der Waals surface area (Å²) in [6.45, 7) is 7.19. The first-order chi connectivity index (χ1) is 7.63. The van der Waals surface area contributed by atoms with Gasteiger partial charge in [0.05, 0.1) is 5.56 Å². The quantitative estimate of drug-likeness (QED) is 0.608. The highest BCUT2D eigenvalue weighted by molar-refractivity contribution is 5.87. The van der Waals surface area contributed by atoms with Gasteiger partial charge in [0.25, 0.3) is 0 Å². The van der Waals surface area contributed by atoms with Gasteiger partial charge in [0.2, 0.25) is 0 Å². The molecule has 1 aromatic carbocycles. The van der Waals surface area contributed by atoms with Gasteiger partial charge in [-0.15, -0.1) is 0 Å². The Labute approximate surface area is 94.0 Å². The molecule has 3 heteroatoms. The third-order valence-corrected chi connectivity index (χ3v) is 1.77. The van der Waals surface area contributed by atoms with Crippen molar-refractivity contribution in [2.75, 3.05) is 0 Å². The third kappa shape index (κ3) is 3.46. The molecule has 0 saturated heterocycles. The van der Waals surface area contributed by atoms with Gasteiger partial charge in [0.1, 0.15) is 11.5 Å². The number of hydrogen-bond donors (Lipinski definition) is 1. The van der Waals surface area contributed by atoms with E-state index in [0.717, 1.165) is 0 Å². The van der Waals surface area contributed by atoms with E-state index in [4.69, 9.17) is 9.84 Å². The molecule has 0 aliphatic rings. The van der Waals surface area contributed by atoms with Crippen molar-refractivity contribution in [3.05, 3.63) is 67.0 Å². The Balaban J connectivity index is 2.68.